The van der Waals surface area contributed by atoms with Gasteiger partial charge in [-0.25, -0.2) is 5.43 Å². The molecule has 1 aliphatic carbocycles. The van der Waals surface area contributed by atoms with E-state index in [0.717, 1.165) is 59.0 Å². The summed E-state index contributed by atoms with van der Waals surface area (Å²) in [5, 5.41) is 16.6. The first-order valence-electron chi connectivity index (χ1n) is 11.6. The summed E-state index contributed by atoms with van der Waals surface area (Å²) in [7, 11) is 0. The average molecular weight is 442 g/mol. The van der Waals surface area contributed by atoms with Crippen molar-refractivity contribution in [3.05, 3.63) is 112 Å². The van der Waals surface area contributed by atoms with E-state index in [4.69, 9.17) is 4.74 Å². The van der Waals surface area contributed by atoms with Crippen LogP contribution >= 0.6 is 0 Å². The Morgan fingerprint density at radius 1 is 1.06 bits per heavy atom. The first-order chi connectivity index (χ1) is 15.9. The van der Waals surface area contributed by atoms with Gasteiger partial charge in [0.1, 0.15) is 11.5 Å². The standard InChI is InChI=1S/C28H31N3O2/c1-19-23(21-12-8-5-9-13-21)16-22-17-24-25(18-26(22)33-19)31(27(32)28(2,3)30-24)29-15-14-20-10-6-4-7-11-20/h4-13,16,18,27,29-30,32H,14-15,17H2,1-3H3/t27-/m1/s1. The molecule has 2 aliphatic heterocycles. The van der Waals surface area contributed by atoms with Crippen LogP contribution in [0.1, 0.15) is 38.3 Å². The summed E-state index contributed by atoms with van der Waals surface area (Å²) in [6.45, 7) is 6.78. The summed E-state index contributed by atoms with van der Waals surface area (Å²) in [5.41, 5.74) is 9.65. The van der Waals surface area contributed by atoms with Crippen LogP contribution in [0.5, 0.6) is 0 Å². The third-order valence-electron chi connectivity index (χ3n) is 6.47. The van der Waals surface area contributed by atoms with E-state index in [1.165, 1.54) is 5.56 Å². The van der Waals surface area contributed by atoms with Gasteiger partial charge in [-0.3, -0.25) is 5.01 Å². The zero-order valence-corrected chi connectivity index (χ0v) is 19.4. The molecule has 0 fully saturated rings. The zero-order chi connectivity index (χ0) is 23.0. The predicted molar refractivity (Wildman–Crippen MR) is 131 cm³/mol. The summed E-state index contributed by atoms with van der Waals surface area (Å²) >= 11 is 0. The van der Waals surface area contributed by atoms with Crippen LogP contribution in [0.25, 0.3) is 5.57 Å². The van der Waals surface area contributed by atoms with Crippen LogP contribution < -0.4 is 10.7 Å². The van der Waals surface area contributed by atoms with Crippen molar-refractivity contribution in [1.29, 1.82) is 0 Å². The van der Waals surface area contributed by atoms with Crippen molar-refractivity contribution in [2.75, 3.05) is 6.54 Å². The van der Waals surface area contributed by atoms with Crippen molar-refractivity contribution in [2.45, 2.75) is 45.4 Å². The summed E-state index contributed by atoms with van der Waals surface area (Å²) in [6.07, 6.45) is 5.14. The first kappa shape index (κ1) is 21.6. The highest BCUT2D eigenvalue weighted by Gasteiger charge is 2.41. The van der Waals surface area contributed by atoms with Gasteiger partial charge in [0.05, 0.1) is 11.2 Å². The molecule has 1 atom stereocenters. The maximum Gasteiger partial charge on any atom is 0.163 e. The largest absolute Gasteiger partial charge is 0.461 e. The molecular weight excluding hydrogens is 410 g/mol. The Morgan fingerprint density at radius 2 is 1.76 bits per heavy atom. The highest BCUT2D eigenvalue weighted by Crippen LogP contribution is 2.41. The lowest BCUT2D eigenvalue weighted by Crippen LogP contribution is -2.64. The fraction of sp³-hybridized carbons (Fsp3) is 0.286. The molecule has 170 valence electrons. The number of hydrazine groups is 1. The van der Waals surface area contributed by atoms with Gasteiger partial charge in [-0.2, -0.15) is 0 Å². The van der Waals surface area contributed by atoms with Crippen molar-refractivity contribution < 1.29 is 9.84 Å². The second-order valence-corrected chi connectivity index (χ2v) is 9.39. The molecule has 2 aromatic carbocycles. The van der Waals surface area contributed by atoms with Crippen LogP contribution in [0.4, 0.5) is 0 Å². The minimum absolute atomic E-state index is 0.506. The van der Waals surface area contributed by atoms with Gasteiger partial charge in [-0.15, -0.1) is 0 Å². The van der Waals surface area contributed by atoms with Crippen molar-refractivity contribution in [3.8, 4) is 0 Å². The quantitative estimate of drug-likeness (QED) is 0.632. The fourth-order valence-electron chi connectivity index (χ4n) is 4.66. The Hall–Kier alpha value is -3.28. The average Bonchev–Trinajstić information content (AvgIpc) is 2.81. The molecule has 2 heterocycles. The van der Waals surface area contributed by atoms with E-state index in [-0.39, 0.29) is 0 Å². The van der Waals surface area contributed by atoms with Crippen LogP contribution in [0, 0.1) is 0 Å². The number of rotatable bonds is 5. The number of benzene rings is 2. The number of ether oxygens (including phenoxy) is 1. The van der Waals surface area contributed by atoms with Gasteiger partial charge in [0, 0.05) is 35.9 Å². The lowest BCUT2D eigenvalue weighted by Gasteiger charge is -2.48. The Labute approximate surface area is 195 Å². The van der Waals surface area contributed by atoms with E-state index < -0.39 is 11.8 Å². The summed E-state index contributed by atoms with van der Waals surface area (Å²) in [6, 6.07) is 20.7. The highest BCUT2D eigenvalue weighted by atomic mass is 16.5. The Kier molecular flexibility index (Phi) is 5.60. The normalized spacial score (nSPS) is 21.5. The summed E-state index contributed by atoms with van der Waals surface area (Å²) in [4.78, 5) is 0. The molecule has 5 rings (SSSR count). The van der Waals surface area contributed by atoms with E-state index in [2.05, 4.69) is 53.2 Å². The predicted octanol–water partition coefficient (Wildman–Crippen LogP) is 4.62. The first-order valence-corrected chi connectivity index (χ1v) is 11.6. The van der Waals surface area contributed by atoms with Gasteiger partial charge in [0.15, 0.2) is 6.23 Å². The lowest BCUT2D eigenvalue weighted by atomic mass is 9.89. The van der Waals surface area contributed by atoms with Crippen LogP contribution in [-0.2, 0) is 11.2 Å². The summed E-state index contributed by atoms with van der Waals surface area (Å²) < 4.78 is 6.29. The molecule has 3 N–H and O–H groups in total. The highest BCUT2D eigenvalue weighted by molar-refractivity contribution is 5.79. The van der Waals surface area contributed by atoms with Gasteiger partial charge in [-0.05, 0) is 44.4 Å². The summed E-state index contributed by atoms with van der Waals surface area (Å²) in [5.74, 6) is 1.72. The number of allylic oxidation sites excluding steroid dienone is 6. The van der Waals surface area contributed by atoms with Crippen molar-refractivity contribution >= 4 is 5.57 Å². The number of nitrogens with one attached hydrogen (secondary N) is 2. The molecule has 0 saturated heterocycles. The smallest absolute Gasteiger partial charge is 0.163 e. The van der Waals surface area contributed by atoms with Crippen molar-refractivity contribution in [3.63, 3.8) is 0 Å². The van der Waals surface area contributed by atoms with Gasteiger partial charge in [0.2, 0.25) is 0 Å². The molecule has 0 spiro atoms. The van der Waals surface area contributed by atoms with Gasteiger partial charge >= 0.3 is 0 Å². The zero-order valence-electron chi connectivity index (χ0n) is 19.4. The fourth-order valence-corrected chi connectivity index (χ4v) is 4.66. The van der Waals surface area contributed by atoms with Crippen molar-refractivity contribution in [2.24, 2.45) is 0 Å². The molecule has 5 nitrogen and oxygen atoms in total. The SMILES string of the molecule is CC1=C(c2ccccc2)C=C2CC3=C(C=C2O1)N(NCCc1ccccc1)[C@H](O)C(C)(C)N3. The van der Waals surface area contributed by atoms with Crippen LogP contribution in [0.3, 0.4) is 0 Å². The Balaban J connectivity index is 1.41. The number of aliphatic hydroxyl groups is 1. The maximum atomic E-state index is 11.1. The molecule has 0 radical (unpaired) electrons. The second kappa shape index (κ2) is 8.58. The lowest BCUT2D eigenvalue weighted by molar-refractivity contribution is -0.0691. The molecule has 3 aliphatic rings. The van der Waals surface area contributed by atoms with E-state index in [1.54, 1.807) is 0 Å². The Morgan fingerprint density at radius 3 is 2.48 bits per heavy atom. The molecule has 0 saturated carbocycles. The molecular formula is C28H31N3O2. The van der Waals surface area contributed by atoms with E-state index >= 15 is 0 Å². The van der Waals surface area contributed by atoms with E-state index in [0.29, 0.717) is 0 Å². The minimum atomic E-state index is -0.727. The van der Waals surface area contributed by atoms with Gasteiger partial charge in [-0.1, -0.05) is 60.7 Å². The topological polar surface area (TPSA) is 56.8 Å². The van der Waals surface area contributed by atoms with Crippen molar-refractivity contribution in [1.82, 2.24) is 15.8 Å². The molecule has 0 aromatic heterocycles. The van der Waals surface area contributed by atoms with Crippen LogP contribution in [-0.4, -0.2) is 28.4 Å². The number of nitrogens with zero attached hydrogens (tertiary/aromatic N) is 1. The van der Waals surface area contributed by atoms with E-state index in [1.807, 2.05) is 56.1 Å². The second-order valence-electron chi connectivity index (χ2n) is 9.39. The van der Waals surface area contributed by atoms with Crippen LogP contribution in [0.15, 0.2) is 101 Å². The molecule has 0 bridgehead atoms. The maximum absolute atomic E-state index is 11.1. The van der Waals surface area contributed by atoms with E-state index in [9.17, 15) is 5.11 Å². The number of fused-ring (bicyclic) bond motifs is 1. The molecule has 0 unspecified atom stereocenters. The minimum Gasteiger partial charge on any atom is -0.461 e. The molecule has 2 aromatic rings. The van der Waals surface area contributed by atoms with Crippen LogP contribution in [0.2, 0.25) is 0 Å². The number of aliphatic hydroxyl groups excluding tert-OH is 1. The van der Waals surface area contributed by atoms with Gasteiger partial charge in [0.25, 0.3) is 0 Å². The molecule has 5 heteroatoms. The van der Waals surface area contributed by atoms with Gasteiger partial charge < -0.3 is 15.2 Å². The monoisotopic (exact) mass is 441 g/mol. The number of hydrogen-bond donors (Lipinski definition) is 3. The Bertz CT molecular complexity index is 1160. The molecule has 0 amide bonds. The third kappa shape index (κ3) is 4.22. The molecule has 33 heavy (non-hydrogen) atoms. The number of hydrogen-bond acceptors (Lipinski definition) is 5. The third-order valence-corrected chi connectivity index (χ3v) is 6.47.